The maximum atomic E-state index is 12.3. The average molecular weight is 347 g/mol. The van der Waals surface area contributed by atoms with Gasteiger partial charge in [0, 0.05) is 17.4 Å². The number of esters is 1. The first-order valence-corrected chi connectivity index (χ1v) is 8.26. The zero-order chi connectivity index (χ0) is 17.5. The lowest BCUT2D eigenvalue weighted by molar-refractivity contribution is -0.138. The van der Waals surface area contributed by atoms with Gasteiger partial charge in [0.15, 0.2) is 0 Å². The van der Waals surface area contributed by atoms with Gasteiger partial charge in [-0.05, 0) is 12.5 Å². The first-order valence-electron chi connectivity index (χ1n) is 7.38. The maximum Gasteiger partial charge on any atom is 0.341 e. The molecule has 6 nitrogen and oxygen atoms in total. The number of hydrogen-bond acceptors (Lipinski definition) is 5. The molecule has 2 rings (SSSR count). The lowest BCUT2D eigenvalue weighted by Crippen LogP contribution is -2.15. The normalized spacial score (nSPS) is 10.2. The summed E-state index contributed by atoms with van der Waals surface area (Å²) in [6.45, 7) is 1.92. The molecule has 0 saturated carbocycles. The van der Waals surface area contributed by atoms with Crippen molar-refractivity contribution in [2.75, 3.05) is 11.9 Å². The summed E-state index contributed by atoms with van der Waals surface area (Å²) in [5, 5.41) is 13.4. The van der Waals surface area contributed by atoms with Crippen LogP contribution in [0.2, 0.25) is 0 Å². The number of carboxylic acids is 1. The van der Waals surface area contributed by atoms with Gasteiger partial charge < -0.3 is 15.2 Å². The van der Waals surface area contributed by atoms with Crippen molar-refractivity contribution in [3.63, 3.8) is 0 Å². The van der Waals surface area contributed by atoms with Crippen LogP contribution < -0.4 is 5.32 Å². The van der Waals surface area contributed by atoms with Gasteiger partial charge in [-0.3, -0.25) is 9.59 Å². The fourth-order valence-corrected chi connectivity index (χ4v) is 3.07. The number of amides is 1. The van der Waals surface area contributed by atoms with E-state index in [-0.39, 0.29) is 25.0 Å². The zero-order valence-electron chi connectivity index (χ0n) is 13.1. The van der Waals surface area contributed by atoms with Crippen LogP contribution in [0.1, 0.15) is 30.1 Å². The molecule has 1 amide bonds. The number of nitrogens with one attached hydrogen (secondary N) is 1. The Bertz CT molecular complexity index is 739. The second kappa shape index (κ2) is 8.26. The Kier molecular flexibility index (Phi) is 6.08. The molecule has 24 heavy (non-hydrogen) atoms. The predicted octanol–water partition coefficient (Wildman–Crippen LogP) is 3.40. The van der Waals surface area contributed by atoms with Crippen LogP contribution in [0.3, 0.4) is 0 Å². The summed E-state index contributed by atoms with van der Waals surface area (Å²) in [6, 6.07) is 9.30. The summed E-state index contributed by atoms with van der Waals surface area (Å²) in [4.78, 5) is 34.7. The van der Waals surface area contributed by atoms with Gasteiger partial charge in [0.05, 0.1) is 13.0 Å². The lowest BCUT2D eigenvalue weighted by Gasteiger charge is -2.08. The molecule has 2 aromatic rings. The van der Waals surface area contributed by atoms with Gasteiger partial charge in [0.25, 0.3) is 0 Å². The Morgan fingerprint density at radius 3 is 2.50 bits per heavy atom. The van der Waals surface area contributed by atoms with Crippen LogP contribution in [0.4, 0.5) is 5.00 Å². The van der Waals surface area contributed by atoms with Crippen molar-refractivity contribution < 1.29 is 24.2 Å². The van der Waals surface area contributed by atoms with E-state index in [1.807, 2.05) is 30.3 Å². The van der Waals surface area contributed by atoms with Gasteiger partial charge in [-0.25, -0.2) is 4.79 Å². The molecule has 0 aliphatic heterocycles. The molecule has 1 aromatic carbocycles. The van der Waals surface area contributed by atoms with Crippen molar-refractivity contribution in [3.05, 3.63) is 41.3 Å². The topological polar surface area (TPSA) is 92.7 Å². The highest BCUT2D eigenvalue weighted by Gasteiger charge is 2.22. The van der Waals surface area contributed by atoms with Crippen LogP contribution in [-0.2, 0) is 14.3 Å². The van der Waals surface area contributed by atoms with E-state index in [4.69, 9.17) is 9.84 Å². The Morgan fingerprint density at radius 2 is 1.88 bits per heavy atom. The summed E-state index contributed by atoms with van der Waals surface area (Å²) in [6.07, 6.45) is -0.423. The third-order valence-electron chi connectivity index (χ3n) is 3.17. The minimum Gasteiger partial charge on any atom is -0.481 e. The number of carbonyl (C=O) groups is 3. The molecule has 1 heterocycles. The van der Waals surface area contributed by atoms with Gasteiger partial charge in [0.1, 0.15) is 10.6 Å². The second-order valence-electron chi connectivity index (χ2n) is 4.88. The highest BCUT2D eigenvalue weighted by atomic mass is 32.1. The van der Waals surface area contributed by atoms with Crippen molar-refractivity contribution in [1.82, 2.24) is 0 Å². The second-order valence-corrected chi connectivity index (χ2v) is 5.76. The van der Waals surface area contributed by atoms with Gasteiger partial charge in [0.2, 0.25) is 5.91 Å². The van der Waals surface area contributed by atoms with Crippen LogP contribution in [0.5, 0.6) is 0 Å². The number of hydrogen-bond donors (Lipinski definition) is 2. The standard InChI is InChI=1S/C17H17NO5S/c1-2-23-17(22)15-12(11-6-4-3-5-7-11)10-24-16(15)18-13(19)8-9-14(20)21/h3-7,10H,2,8-9H2,1H3,(H,18,19)(H,20,21). The van der Waals surface area contributed by atoms with E-state index in [0.717, 1.165) is 5.56 Å². The molecule has 7 heteroatoms. The molecular formula is C17H17NO5S. The van der Waals surface area contributed by atoms with E-state index >= 15 is 0 Å². The fraction of sp³-hybridized carbons (Fsp3) is 0.235. The molecule has 0 radical (unpaired) electrons. The van der Waals surface area contributed by atoms with Gasteiger partial charge in [-0.15, -0.1) is 11.3 Å². The maximum absolute atomic E-state index is 12.3. The molecule has 0 aliphatic carbocycles. The molecule has 0 saturated heterocycles. The van der Waals surface area contributed by atoms with Crippen LogP contribution >= 0.6 is 11.3 Å². The first kappa shape index (κ1) is 17.7. The lowest BCUT2D eigenvalue weighted by atomic mass is 10.0. The molecule has 0 spiro atoms. The van der Waals surface area contributed by atoms with Crippen molar-refractivity contribution in [2.24, 2.45) is 0 Å². The molecule has 1 aromatic heterocycles. The summed E-state index contributed by atoms with van der Waals surface area (Å²) in [7, 11) is 0. The van der Waals surface area contributed by atoms with Gasteiger partial charge in [-0.2, -0.15) is 0 Å². The van der Waals surface area contributed by atoms with Crippen molar-refractivity contribution in [2.45, 2.75) is 19.8 Å². The summed E-state index contributed by atoms with van der Waals surface area (Å²) < 4.78 is 5.09. The Hall–Kier alpha value is -2.67. The molecule has 126 valence electrons. The van der Waals surface area contributed by atoms with Crippen LogP contribution in [0, 0.1) is 0 Å². The van der Waals surface area contributed by atoms with E-state index < -0.39 is 17.8 Å². The Balaban J connectivity index is 2.31. The SMILES string of the molecule is CCOC(=O)c1c(-c2ccccc2)csc1NC(=O)CCC(=O)O. The zero-order valence-corrected chi connectivity index (χ0v) is 13.9. The molecule has 0 fully saturated rings. The number of anilines is 1. The quantitative estimate of drug-likeness (QED) is 0.749. The molecule has 0 aliphatic rings. The van der Waals surface area contributed by atoms with Crippen LogP contribution in [0.25, 0.3) is 11.1 Å². The highest BCUT2D eigenvalue weighted by Crippen LogP contribution is 2.36. The highest BCUT2D eigenvalue weighted by molar-refractivity contribution is 7.15. The smallest absolute Gasteiger partial charge is 0.341 e. The molecular weight excluding hydrogens is 330 g/mol. The Morgan fingerprint density at radius 1 is 1.17 bits per heavy atom. The number of ether oxygens (including phenoxy) is 1. The number of thiophene rings is 1. The van der Waals surface area contributed by atoms with E-state index in [0.29, 0.717) is 10.6 Å². The third kappa shape index (κ3) is 4.42. The van der Waals surface area contributed by atoms with Gasteiger partial charge >= 0.3 is 11.9 Å². The first-order chi connectivity index (χ1) is 11.5. The third-order valence-corrected chi connectivity index (χ3v) is 4.07. The summed E-state index contributed by atoms with van der Waals surface area (Å²) in [5.41, 5.74) is 1.80. The van der Waals surface area contributed by atoms with Crippen LogP contribution in [0.15, 0.2) is 35.7 Å². The van der Waals surface area contributed by atoms with E-state index in [1.54, 1.807) is 12.3 Å². The van der Waals surface area contributed by atoms with Crippen molar-refractivity contribution >= 4 is 34.2 Å². The monoisotopic (exact) mass is 347 g/mol. The minimum atomic E-state index is -1.05. The number of carboxylic acid groups (broad SMARTS) is 1. The van der Waals surface area contributed by atoms with Gasteiger partial charge in [-0.1, -0.05) is 30.3 Å². The van der Waals surface area contributed by atoms with E-state index in [1.165, 1.54) is 11.3 Å². The molecule has 2 N–H and O–H groups in total. The minimum absolute atomic E-state index is 0.157. The van der Waals surface area contributed by atoms with Crippen molar-refractivity contribution in [1.29, 1.82) is 0 Å². The summed E-state index contributed by atoms with van der Waals surface area (Å²) >= 11 is 1.21. The largest absolute Gasteiger partial charge is 0.481 e. The predicted molar refractivity (Wildman–Crippen MR) is 91.2 cm³/mol. The number of rotatable bonds is 7. The molecule has 0 unspecified atom stereocenters. The van der Waals surface area contributed by atoms with Crippen molar-refractivity contribution in [3.8, 4) is 11.1 Å². The number of carbonyl (C=O) groups excluding carboxylic acids is 2. The number of aliphatic carboxylic acids is 1. The van der Waals surface area contributed by atoms with Crippen LogP contribution in [-0.4, -0.2) is 29.6 Å². The molecule has 0 atom stereocenters. The fourth-order valence-electron chi connectivity index (χ4n) is 2.10. The van der Waals surface area contributed by atoms with E-state index in [2.05, 4.69) is 5.32 Å². The summed E-state index contributed by atoms with van der Waals surface area (Å²) in [5.74, 6) is -2.03. The molecule has 0 bridgehead atoms. The average Bonchev–Trinajstić information content (AvgIpc) is 2.97. The Labute approximate surface area is 143 Å². The number of benzene rings is 1. The van der Waals surface area contributed by atoms with E-state index in [9.17, 15) is 14.4 Å².